The molecular formula is C25H20N10O. The average Bonchev–Trinajstić information content (AvgIpc) is 3.30. The van der Waals surface area contributed by atoms with Crippen molar-refractivity contribution in [1.29, 1.82) is 0 Å². The first kappa shape index (κ1) is 20.4. The summed E-state index contributed by atoms with van der Waals surface area (Å²) in [4.78, 5) is 38.2. The van der Waals surface area contributed by atoms with Crippen LogP contribution in [0.2, 0.25) is 0 Å². The highest BCUT2D eigenvalue weighted by Gasteiger charge is 2.29. The van der Waals surface area contributed by atoms with Crippen molar-refractivity contribution in [3.05, 3.63) is 61.2 Å². The molecule has 1 saturated carbocycles. The number of hydrogen-bond donors (Lipinski definition) is 3. The number of carbonyl (C=O) groups is 1. The number of imidazole rings is 2. The third kappa shape index (κ3) is 3.49. The molecule has 0 aliphatic heterocycles. The van der Waals surface area contributed by atoms with Gasteiger partial charge in [-0.15, -0.1) is 0 Å². The normalized spacial score (nSPS) is 13.5. The van der Waals surface area contributed by atoms with Crippen molar-refractivity contribution in [3.63, 3.8) is 0 Å². The smallest absolute Gasteiger partial charge is 0.227 e. The summed E-state index contributed by atoms with van der Waals surface area (Å²) in [6.07, 6.45) is 12.4. The van der Waals surface area contributed by atoms with Crippen LogP contribution in [0.5, 0.6) is 0 Å². The van der Waals surface area contributed by atoms with E-state index in [1.165, 1.54) is 0 Å². The largest absolute Gasteiger partial charge is 0.335 e. The fourth-order valence-electron chi connectivity index (χ4n) is 4.24. The molecule has 3 N–H and O–H groups in total. The lowest BCUT2D eigenvalue weighted by molar-refractivity contribution is -0.117. The van der Waals surface area contributed by atoms with Gasteiger partial charge in [0, 0.05) is 23.9 Å². The second-order valence-electron chi connectivity index (χ2n) is 8.95. The number of nitrogens with one attached hydrogen (secondary N) is 3. The molecule has 11 nitrogen and oxygen atoms in total. The molecule has 1 aliphatic rings. The summed E-state index contributed by atoms with van der Waals surface area (Å²) in [5, 5.41) is 10.5. The van der Waals surface area contributed by atoms with E-state index in [-0.39, 0.29) is 11.8 Å². The minimum atomic E-state index is 0.0408. The molecule has 11 heteroatoms. The van der Waals surface area contributed by atoms with Crippen LogP contribution < -0.4 is 5.32 Å². The minimum Gasteiger partial charge on any atom is -0.335 e. The number of hydrogen-bond acceptors (Lipinski definition) is 7. The first-order valence-corrected chi connectivity index (χ1v) is 11.6. The maximum Gasteiger partial charge on any atom is 0.227 e. The van der Waals surface area contributed by atoms with Crippen LogP contribution in [0.15, 0.2) is 55.5 Å². The maximum absolute atomic E-state index is 12.2. The monoisotopic (exact) mass is 476 g/mol. The number of carbonyl (C=O) groups excluding carboxylic acids is 1. The van der Waals surface area contributed by atoms with Gasteiger partial charge in [0.2, 0.25) is 5.91 Å². The SMILES string of the molecule is Cc1cn(-c2cncc3[nH]c(-c4n[nH]c5ccc(-c6cncc(NC(=O)C7CC7)c6)nc45)nc23)cn1. The van der Waals surface area contributed by atoms with Crippen LogP contribution in [-0.4, -0.2) is 50.6 Å². The summed E-state index contributed by atoms with van der Waals surface area (Å²) in [6, 6.07) is 5.71. The average molecular weight is 477 g/mol. The van der Waals surface area contributed by atoms with Crippen LogP contribution in [0.25, 0.3) is 50.5 Å². The predicted octanol–water partition coefficient (Wildman–Crippen LogP) is 3.80. The number of H-pyrrole nitrogens is 2. The van der Waals surface area contributed by atoms with Gasteiger partial charge < -0.3 is 14.9 Å². The van der Waals surface area contributed by atoms with Gasteiger partial charge in [-0.1, -0.05) is 0 Å². The van der Waals surface area contributed by atoms with E-state index in [0.29, 0.717) is 28.4 Å². The van der Waals surface area contributed by atoms with Crippen LogP contribution in [0.1, 0.15) is 18.5 Å². The number of anilines is 1. The van der Waals surface area contributed by atoms with Crippen LogP contribution in [-0.2, 0) is 4.79 Å². The molecular weight excluding hydrogens is 456 g/mol. The number of rotatable bonds is 5. The second-order valence-corrected chi connectivity index (χ2v) is 8.95. The topological polar surface area (TPSA) is 143 Å². The van der Waals surface area contributed by atoms with Gasteiger partial charge in [0.1, 0.15) is 11.0 Å². The van der Waals surface area contributed by atoms with Gasteiger partial charge in [-0.05, 0) is 38.0 Å². The lowest BCUT2D eigenvalue weighted by atomic mass is 10.1. The van der Waals surface area contributed by atoms with Gasteiger partial charge in [-0.2, -0.15) is 5.10 Å². The van der Waals surface area contributed by atoms with Gasteiger partial charge in [0.15, 0.2) is 11.5 Å². The molecule has 0 atom stereocenters. The molecule has 36 heavy (non-hydrogen) atoms. The number of pyridine rings is 3. The molecule has 1 aliphatic carbocycles. The quantitative estimate of drug-likeness (QED) is 0.343. The number of aromatic amines is 2. The fourth-order valence-corrected chi connectivity index (χ4v) is 4.24. The highest BCUT2D eigenvalue weighted by molar-refractivity contribution is 5.95. The molecule has 1 fully saturated rings. The van der Waals surface area contributed by atoms with E-state index in [1.807, 2.05) is 35.9 Å². The van der Waals surface area contributed by atoms with Crippen molar-refractivity contribution >= 4 is 33.7 Å². The van der Waals surface area contributed by atoms with Gasteiger partial charge in [-0.3, -0.25) is 19.9 Å². The van der Waals surface area contributed by atoms with Crippen molar-refractivity contribution in [2.75, 3.05) is 5.32 Å². The van der Waals surface area contributed by atoms with Crippen molar-refractivity contribution in [3.8, 4) is 28.5 Å². The van der Waals surface area contributed by atoms with Gasteiger partial charge in [0.05, 0.1) is 58.7 Å². The maximum atomic E-state index is 12.2. The predicted molar refractivity (Wildman–Crippen MR) is 133 cm³/mol. The molecule has 6 aromatic rings. The Morgan fingerprint density at radius 2 is 1.94 bits per heavy atom. The van der Waals surface area contributed by atoms with E-state index in [1.54, 1.807) is 31.1 Å². The van der Waals surface area contributed by atoms with Crippen molar-refractivity contribution in [2.45, 2.75) is 19.8 Å². The van der Waals surface area contributed by atoms with Crippen molar-refractivity contribution < 1.29 is 4.79 Å². The van der Waals surface area contributed by atoms with Gasteiger partial charge >= 0.3 is 0 Å². The molecule has 0 radical (unpaired) electrons. The Morgan fingerprint density at radius 3 is 2.78 bits per heavy atom. The van der Waals surface area contributed by atoms with E-state index in [4.69, 9.17) is 9.97 Å². The summed E-state index contributed by atoms with van der Waals surface area (Å²) in [6.45, 7) is 1.94. The van der Waals surface area contributed by atoms with Crippen LogP contribution in [0.4, 0.5) is 5.69 Å². The molecule has 0 bridgehead atoms. The fraction of sp³-hybridized carbons (Fsp3) is 0.160. The number of aromatic nitrogens is 9. The molecule has 6 aromatic heterocycles. The Kier molecular flexibility index (Phi) is 4.43. The molecule has 176 valence electrons. The third-order valence-corrected chi connectivity index (χ3v) is 6.25. The number of aryl methyl sites for hydroxylation is 1. The molecule has 0 unspecified atom stereocenters. The summed E-state index contributed by atoms with van der Waals surface area (Å²) in [7, 11) is 0. The first-order valence-electron chi connectivity index (χ1n) is 11.6. The van der Waals surface area contributed by atoms with Crippen LogP contribution >= 0.6 is 0 Å². The standard InChI is InChI=1S/C25H20N10O/c1-13-11-35(12-28-13)20-10-27-9-19-21(20)32-24(31-19)23-22-18(33-34-23)5-4-17(30-22)15-6-16(8-26-7-15)29-25(36)14-2-3-14/h4-12,14H,2-3H2,1H3,(H,29,36)(H,31,32)(H,33,34). The molecule has 0 aromatic carbocycles. The number of fused-ring (bicyclic) bond motifs is 2. The summed E-state index contributed by atoms with van der Waals surface area (Å²) < 4.78 is 1.90. The zero-order valence-electron chi connectivity index (χ0n) is 19.2. The Morgan fingerprint density at radius 1 is 1.06 bits per heavy atom. The van der Waals surface area contributed by atoms with Crippen LogP contribution in [0, 0.1) is 12.8 Å². The summed E-state index contributed by atoms with van der Waals surface area (Å²) in [5.74, 6) is 0.739. The summed E-state index contributed by atoms with van der Waals surface area (Å²) >= 11 is 0. The van der Waals surface area contributed by atoms with E-state index < -0.39 is 0 Å². The molecule has 7 rings (SSSR count). The van der Waals surface area contributed by atoms with E-state index in [0.717, 1.165) is 46.3 Å². The molecule has 0 spiro atoms. The Hall–Kier alpha value is -4.93. The Balaban J connectivity index is 1.28. The molecule has 1 amide bonds. The molecule has 0 saturated heterocycles. The van der Waals surface area contributed by atoms with Crippen LogP contribution in [0.3, 0.4) is 0 Å². The van der Waals surface area contributed by atoms with E-state index in [9.17, 15) is 4.79 Å². The van der Waals surface area contributed by atoms with Crippen molar-refractivity contribution in [1.82, 2.24) is 44.7 Å². The Bertz CT molecular complexity index is 1770. The lowest BCUT2D eigenvalue weighted by Crippen LogP contribution is -2.13. The highest BCUT2D eigenvalue weighted by Crippen LogP contribution is 2.32. The molecule has 6 heterocycles. The second kappa shape index (κ2) is 7.80. The van der Waals surface area contributed by atoms with Gasteiger partial charge in [0.25, 0.3) is 0 Å². The van der Waals surface area contributed by atoms with Crippen molar-refractivity contribution in [2.24, 2.45) is 5.92 Å². The van der Waals surface area contributed by atoms with E-state index >= 15 is 0 Å². The third-order valence-electron chi connectivity index (χ3n) is 6.25. The lowest BCUT2D eigenvalue weighted by Gasteiger charge is -2.06. The number of amides is 1. The zero-order valence-corrected chi connectivity index (χ0v) is 19.2. The highest BCUT2D eigenvalue weighted by atomic mass is 16.2. The number of nitrogens with zero attached hydrogens (tertiary/aromatic N) is 7. The van der Waals surface area contributed by atoms with Gasteiger partial charge in [-0.25, -0.2) is 15.0 Å². The first-order chi connectivity index (χ1) is 17.6. The van der Waals surface area contributed by atoms with E-state index in [2.05, 4.69) is 35.5 Å². The summed E-state index contributed by atoms with van der Waals surface area (Å²) in [5.41, 5.74) is 7.49. The Labute approximate surface area is 204 Å². The minimum absolute atomic E-state index is 0.0408. The zero-order chi connectivity index (χ0) is 24.2.